The molecule has 0 fully saturated rings. The van der Waals surface area contributed by atoms with Crippen molar-refractivity contribution in [2.45, 2.75) is 20.3 Å². The Balaban J connectivity index is 2.20. The van der Waals surface area contributed by atoms with Crippen molar-refractivity contribution in [1.82, 2.24) is 9.55 Å². The quantitative estimate of drug-likeness (QED) is 0.879. The molecular weight excluding hydrogens is 214 g/mol. The first-order valence-corrected chi connectivity index (χ1v) is 5.75. The lowest BCUT2D eigenvalue weighted by Crippen LogP contribution is -2.00. The van der Waals surface area contributed by atoms with Crippen LogP contribution >= 0.6 is 0 Å². The van der Waals surface area contributed by atoms with Crippen LogP contribution in [0.5, 0.6) is 5.75 Å². The van der Waals surface area contributed by atoms with Gasteiger partial charge < -0.3 is 10.5 Å². The Morgan fingerprint density at radius 2 is 2.00 bits per heavy atom. The molecule has 0 saturated carbocycles. The van der Waals surface area contributed by atoms with Crippen LogP contribution in [-0.4, -0.2) is 16.2 Å². The number of anilines is 1. The Morgan fingerprint density at radius 3 is 2.53 bits per heavy atom. The van der Waals surface area contributed by atoms with Gasteiger partial charge in [0.15, 0.2) is 0 Å². The summed E-state index contributed by atoms with van der Waals surface area (Å²) < 4.78 is 7.39. The van der Waals surface area contributed by atoms with Crippen LogP contribution < -0.4 is 10.5 Å². The second-order valence-corrected chi connectivity index (χ2v) is 3.95. The number of nitrogen functional groups attached to an aromatic ring is 1. The summed E-state index contributed by atoms with van der Waals surface area (Å²) in [5.41, 5.74) is 7.72. The van der Waals surface area contributed by atoms with E-state index in [4.69, 9.17) is 10.5 Å². The number of imidazole rings is 1. The van der Waals surface area contributed by atoms with Gasteiger partial charge in [0.2, 0.25) is 5.95 Å². The van der Waals surface area contributed by atoms with Crippen molar-refractivity contribution in [3.05, 3.63) is 36.2 Å². The number of aryl methyl sites for hydroxylation is 1. The number of nitrogens with zero attached hydrogens (tertiary/aromatic N) is 2. The van der Waals surface area contributed by atoms with E-state index < -0.39 is 0 Å². The topological polar surface area (TPSA) is 53.1 Å². The number of aromatic nitrogens is 2. The molecule has 17 heavy (non-hydrogen) atoms. The average molecular weight is 231 g/mol. The van der Waals surface area contributed by atoms with Gasteiger partial charge in [0.25, 0.3) is 0 Å². The van der Waals surface area contributed by atoms with Gasteiger partial charge in [-0.2, -0.15) is 0 Å². The van der Waals surface area contributed by atoms with Gasteiger partial charge in [-0.1, -0.05) is 6.92 Å². The number of nitrogens with two attached hydrogens (primary N) is 1. The predicted octanol–water partition coefficient (Wildman–Crippen LogP) is 2.55. The molecule has 0 amide bonds. The van der Waals surface area contributed by atoms with Crippen molar-refractivity contribution in [2.24, 2.45) is 0 Å². The summed E-state index contributed by atoms with van der Waals surface area (Å²) in [6, 6.07) is 7.84. The number of hydrogen-bond donors (Lipinski definition) is 1. The fourth-order valence-electron chi connectivity index (χ4n) is 1.65. The number of benzene rings is 1. The van der Waals surface area contributed by atoms with Gasteiger partial charge >= 0.3 is 0 Å². The van der Waals surface area contributed by atoms with E-state index in [1.807, 2.05) is 42.0 Å². The lowest BCUT2D eigenvalue weighted by Gasteiger charge is -2.07. The molecule has 0 radical (unpaired) electrons. The van der Waals surface area contributed by atoms with Crippen LogP contribution in [0.4, 0.5) is 5.95 Å². The Morgan fingerprint density at radius 1 is 1.29 bits per heavy atom. The van der Waals surface area contributed by atoms with E-state index >= 15 is 0 Å². The molecule has 4 nitrogen and oxygen atoms in total. The molecule has 1 aromatic carbocycles. The minimum atomic E-state index is 0.504. The summed E-state index contributed by atoms with van der Waals surface area (Å²) in [5.74, 6) is 1.38. The third-order valence-corrected chi connectivity index (χ3v) is 2.44. The standard InChI is InChI=1S/C13H17N3O/c1-3-8-17-12-6-4-11(5-7-12)16-9-10(2)15-13(16)14/h4-7,9H,3,8H2,1-2H3,(H2,14,15). The highest BCUT2D eigenvalue weighted by atomic mass is 16.5. The molecule has 0 spiro atoms. The highest BCUT2D eigenvalue weighted by Crippen LogP contribution is 2.18. The molecule has 0 aliphatic rings. The lowest BCUT2D eigenvalue weighted by molar-refractivity contribution is 0.317. The van der Waals surface area contributed by atoms with Crippen molar-refractivity contribution in [3.63, 3.8) is 0 Å². The third kappa shape index (κ3) is 2.58. The van der Waals surface area contributed by atoms with E-state index in [0.717, 1.165) is 30.2 Å². The molecule has 0 bridgehead atoms. The average Bonchev–Trinajstić information content (AvgIpc) is 2.66. The highest BCUT2D eigenvalue weighted by Gasteiger charge is 2.03. The first-order chi connectivity index (χ1) is 8.20. The molecule has 0 aliphatic heterocycles. The zero-order chi connectivity index (χ0) is 12.3. The Labute approximate surface area is 101 Å². The largest absolute Gasteiger partial charge is 0.494 e. The number of ether oxygens (including phenoxy) is 1. The van der Waals surface area contributed by atoms with E-state index in [1.54, 1.807) is 0 Å². The Kier molecular flexibility index (Phi) is 3.32. The van der Waals surface area contributed by atoms with Gasteiger partial charge in [-0.15, -0.1) is 0 Å². The minimum Gasteiger partial charge on any atom is -0.494 e. The van der Waals surface area contributed by atoms with Crippen LogP contribution in [0.1, 0.15) is 19.0 Å². The molecule has 90 valence electrons. The van der Waals surface area contributed by atoms with E-state index in [1.165, 1.54) is 0 Å². The van der Waals surface area contributed by atoms with Gasteiger partial charge in [0.1, 0.15) is 5.75 Å². The summed E-state index contributed by atoms with van der Waals surface area (Å²) >= 11 is 0. The number of rotatable bonds is 4. The molecule has 0 unspecified atom stereocenters. The molecule has 1 aromatic heterocycles. The van der Waals surface area contributed by atoms with Gasteiger partial charge in [-0.05, 0) is 37.6 Å². The van der Waals surface area contributed by atoms with Crippen LogP contribution in [0.15, 0.2) is 30.5 Å². The van der Waals surface area contributed by atoms with Crippen LogP contribution in [-0.2, 0) is 0 Å². The SMILES string of the molecule is CCCOc1ccc(-n2cc(C)nc2N)cc1. The van der Waals surface area contributed by atoms with E-state index in [-0.39, 0.29) is 0 Å². The van der Waals surface area contributed by atoms with Gasteiger partial charge in [-0.25, -0.2) is 4.98 Å². The first kappa shape index (κ1) is 11.5. The second kappa shape index (κ2) is 4.91. The summed E-state index contributed by atoms with van der Waals surface area (Å²) in [6.07, 6.45) is 2.92. The zero-order valence-electron chi connectivity index (χ0n) is 10.2. The summed E-state index contributed by atoms with van der Waals surface area (Å²) in [6.45, 7) is 4.75. The fourth-order valence-corrected chi connectivity index (χ4v) is 1.65. The maximum atomic E-state index is 5.81. The molecule has 0 aliphatic carbocycles. The maximum Gasteiger partial charge on any atom is 0.205 e. The van der Waals surface area contributed by atoms with Gasteiger partial charge in [0, 0.05) is 11.9 Å². The first-order valence-electron chi connectivity index (χ1n) is 5.75. The molecule has 4 heteroatoms. The predicted molar refractivity (Wildman–Crippen MR) is 68.5 cm³/mol. The van der Waals surface area contributed by atoms with Crippen molar-refractivity contribution in [1.29, 1.82) is 0 Å². The van der Waals surface area contributed by atoms with E-state index in [9.17, 15) is 0 Å². The van der Waals surface area contributed by atoms with Gasteiger partial charge in [0.05, 0.1) is 12.3 Å². The normalized spacial score (nSPS) is 10.5. The summed E-state index contributed by atoms with van der Waals surface area (Å²) in [5, 5.41) is 0. The van der Waals surface area contributed by atoms with E-state index in [2.05, 4.69) is 11.9 Å². The fraction of sp³-hybridized carbons (Fsp3) is 0.308. The third-order valence-electron chi connectivity index (χ3n) is 2.44. The molecule has 0 atom stereocenters. The van der Waals surface area contributed by atoms with Gasteiger partial charge in [-0.3, -0.25) is 4.57 Å². The molecule has 2 aromatic rings. The Hall–Kier alpha value is -1.97. The monoisotopic (exact) mass is 231 g/mol. The van der Waals surface area contributed by atoms with Crippen molar-refractivity contribution >= 4 is 5.95 Å². The number of hydrogen-bond acceptors (Lipinski definition) is 3. The van der Waals surface area contributed by atoms with Crippen molar-refractivity contribution < 1.29 is 4.74 Å². The molecular formula is C13H17N3O. The summed E-state index contributed by atoms with van der Waals surface area (Å²) in [4.78, 5) is 4.17. The molecule has 2 N–H and O–H groups in total. The van der Waals surface area contributed by atoms with E-state index in [0.29, 0.717) is 5.95 Å². The molecule has 2 rings (SSSR count). The highest BCUT2D eigenvalue weighted by molar-refractivity contribution is 5.43. The molecule has 1 heterocycles. The zero-order valence-corrected chi connectivity index (χ0v) is 10.2. The van der Waals surface area contributed by atoms with Crippen LogP contribution in [0.3, 0.4) is 0 Å². The summed E-state index contributed by atoms with van der Waals surface area (Å²) in [7, 11) is 0. The van der Waals surface area contributed by atoms with Crippen LogP contribution in [0.2, 0.25) is 0 Å². The molecule has 0 saturated heterocycles. The maximum absolute atomic E-state index is 5.81. The Bertz CT molecular complexity index is 488. The van der Waals surface area contributed by atoms with Crippen molar-refractivity contribution in [3.8, 4) is 11.4 Å². The van der Waals surface area contributed by atoms with Crippen LogP contribution in [0.25, 0.3) is 5.69 Å². The van der Waals surface area contributed by atoms with Crippen molar-refractivity contribution in [2.75, 3.05) is 12.3 Å². The van der Waals surface area contributed by atoms with Crippen LogP contribution in [0, 0.1) is 6.92 Å². The lowest BCUT2D eigenvalue weighted by atomic mass is 10.3. The second-order valence-electron chi connectivity index (χ2n) is 3.95. The minimum absolute atomic E-state index is 0.504. The smallest absolute Gasteiger partial charge is 0.205 e.